The zero-order chi connectivity index (χ0) is 19.1. The van der Waals surface area contributed by atoms with Gasteiger partial charge in [-0.05, 0) is 57.2 Å². The number of para-hydroxylation sites is 1. The fraction of sp³-hybridized carbons (Fsp3) is 0.333. The SMILES string of the molecule is CN(C)CCCNc1ccc(C(=O)NCCc2c[nH]c3ccccc23)cn1. The Bertz CT molecular complexity index is 870. The predicted octanol–water partition coefficient (Wildman–Crippen LogP) is 2.90. The van der Waals surface area contributed by atoms with Crippen LogP contribution in [0, 0.1) is 0 Å². The van der Waals surface area contributed by atoms with Crippen molar-refractivity contribution in [2.75, 3.05) is 39.0 Å². The molecule has 1 aromatic carbocycles. The van der Waals surface area contributed by atoms with E-state index in [1.165, 1.54) is 10.9 Å². The Kier molecular flexibility index (Phi) is 6.44. The number of aromatic nitrogens is 2. The van der Waals surface area contributed by atoms with Gasteiger partial charge in [0.2, 0.25) is 0 Å². The number of hydrogen-bond donors (Lipinski definition) is 3. The summed E-state index contributed by atoms with van der Waals surface area (Å²) >= 11 is 0. The van der Waals surface area contributed by atoms with E-state index in [9.17, 15) is 4.79 Å². The average Bonchev–Trinajstić information content (AvgIpc) is 3.09. The summed E-state index contributed by atoms with van der Waals surface area (Å²) in [7, 11) is 4.12. The fourth-order valence-corrected chi connectivity index (χ4v) is 3.00. The van der Waals surface area contributed by atoms with Crippen LogP contribution in [0.5, 0.6) is 0 Å². The maximum Gasteiger partial charge on any atom is 0.252 e. The van der Waals surface area contributed by atoms with E-state index in [1.807, 2.05) is 30.5 Å². The molecule has 6 heteroatoms. The third-order valence-corrected chi connectivity index (χ3v) is 4.47. The highest BCUT2D eigenvalue weighted by Gasteiger charge is 2.07. The van der Waals surface area contributed by atoms with Gasteiger partial charge < -0.3 is 20.5 Å². The molecule has 0 spiro atoms. The molecule has 27 heavy (non-hydrogen) atoms. The molecule has 0 saturated carbocycles. The van der Waals surface area contributed by atoms with Gasteiger partial charge in [0.25, 0.3) is 5.91 Å². The molecule has 0 unspecified atom stereocenters. The lowest BCUT2D eigenvalue weighted by Gasteiger charge is -2.10. The van der Waals surface area contributed by atoms with Crippen molar-refractivity contribution in [3.63, 3.8) is 0 Å². The van der Waals surface area contributed by atoms with Gasteiger partial charge in [0.05, 0.1) is 5.56 Å². The Morgan fingerprint density at radius 3 is 2.78 bits per heavy atom. The summed E-state index contributed by atoms with van der Waals surface area (Å²) in [6.45, 7) is 2.48. The molecule has 3 N–H and O–H groups in total. The number of carbonyl (C=O) groups excluding carboxylic acids is 1. The van der Waals surface area contributed by atoms with Crippen molar-refractivity contribution in [1.82, 2.24) is 20.2 Å². The molecule has 0 radical (unpaired) electrons. The number of carbonyl (C=O) groups is 1. The van der Waals surface area contributed by atoms with Crippen molar-refractivity contribution in [3.05, 3.63) is 59.9 Å². The number of rotatable bonds is 9. The highest BCUT2D eigenvalue weighted by molar-refractivity contribution is 5.94. The summed E-state index contributed by atoms with van der Waals surface area (Å²) < 4.78 is 0. The van der Waals surface area contributed by atoms with Crippen LogP contribution in [0.3, 0.4) is 0 Å². The minimum atomic E-state index is -0.0958. The van der Waals surface area contributed by atoms with Gasteiger partial charge in [-0.2, -0.15) is 0 Å². The van der Waals surface area contributed by atoms with Crippen molar-refractivity contribution in [2.24, 2.45) is 0 Å². The first-order valence-corrected chi connectivity index (χ1v) is 9.31. The van der Waals surface area contributed by atoms with Gasteiger partial charge in [-0.15, -0.1) is 0 Å². The van der Waals surface area contributed by atoms with Crippen LogP contribution in [0.15, 0.2) is 48.8 Å². The number of hydrogen-bond acceptors (Lipinski definition) is 4. The smallest absolute Gasteiger partial charge is 0.252 e. The van der Waals surface area contributed by atoms with Crippen molar-refractivity contribution in [2.45, 2.75) is 12.8 Å². The molecule has 3 rings (SSSR count). The van der Waals surface area contributed by atoms with E-state index in [0.717, 1.165) is 37.3 Å². The quantitative estimate of drug-likeness (QED) is 0.510. The van der Waals surface area contributed by atoms with Crippen molar-refractivity contribution in [3.8, 4) is 0 Å². The van der Waals surface area contributed by atoms with Gasteiger partial charge in [-0.25, -0.2) is 4.98 Å². The Balaban J connectivity index is 1.45. The molecule has 0 aliphatic rings. The maximum atomic E-state index is 12.3. The Hall–Kier alpha value is -2.86. The van der Waals surface area contributed by atoms with Crippen LogP contribution in [0.4, 0.5) is 5.82 Å². The van der Waals surface area contributed by atoms with E-state index in [2.05, 4.69) is 51.7 Å². The number of fused-ring (bicyclic) bond motifs is 1. The molecule has 0 aliphatic heterocycles. The van der Waals surface area contributed by atoms with Gasteiger partial charge in [-0.3, -0.25) is 4.79 Å². The number of H-pyrrole nitrogens is 1. The second-order valence-electron chi connectivity index (χ2n) is 6.88. The highest BCUT2D eigenvalue weighted by atomic mass is 16.1. The van der Waals surface area contributed by atoms with Gasteiger partial charge in [-0.1, -0.05) is 18.2 Å². The molecule has 0 atom stereocenters. The first-order valence-electron chi connectivity index (χ1n) is 9.31. The molecule has 0 saturated heterocycles. The van der Waals surface area contributed by atoms with E-state index < -0.39 is 0 Å². The topological polar surface area (TPSA) is 73.1 Å². The minimum absolute atomic E-state index is 0.0958. The molecular weight excluding hydrogens is 338 g/mol. The molecule has 2 heterocycles. The fourth-order valence-electron chi connectivity index (χ4n) is 3.00. The van der Waals surface area contributed by atoms with Gasteiger partial charge in [0.1, 0.15) is 5.82 Å². The Morgan fingerprint density at radius 1 is 1.15 bits per heavy atom. The van der Waals surface area contributed by atoms with Crippen molar-refractivity contribution in [1.29, 1.82) is 0 Å². The molecule has 0 aliphatic carbocycles. The normalized spacial score (nSPS) is 11.1. The van der Waals surface area contributed by atoms with E-state index in [-0.39, 0.29) is 5.91 Å². The highest BCUT2D eigenvalue weighted by Crippen LogP contribution is 2.17. The number of benzene rings is 1. The van der Waals surface area contributed by atoms with Crippen LogP contribution >= 0.6 is 0 Å². The van der Waals surface area contributed by atoms with E-state index >= 15 is 0 Å². The monoisotopic (exact) mass is 365 g/mol. The van der Waals surface area contributed by atoms with Gasteiger partial charge in [0, 0.05) is 36.4 Å². The van der Waals surface area contributed by atoms with Gasteiger partial charge in [0.15, 0.2) is 0 Å². The zero-order valence-corrected chi connectivity index (χ0v) is 16.0. The van der Waals surface area contributed by atoms with Crippen LogP contribution < -0.4 is 10.6 Å². The molecule has 3 aromatic rings. The van der Waals surface area contributed by atoms with Crippen LogP contribution in [-0.2, 0) is 6.42 Å². The predicted molar refractivity (Wildman–Crippen MR) is 110 cm³/mol. The van der Waals surface area contributed by atoms with Crippen LogP contribution in [-0.4, -0.2) is 54.5 Å². The summed E-state index contributed by atoms with van der Waals surface area (Å²) in [5.74, 6) is 0.700. The van der Waals surface area contributed by atoms with E-state index in [4.69, 9.17) is 0 Å². The molecule has 6 nitrogen and oxygen atoms in total. The lowest BCUT2D eigenvalue weighted by atomic mass is 10.1. The van der Waals surface area contributed by atoms with Crippen LogP contribution in [0.25, 0.3) is 10.9 Å². The summed E-state index contributed by atoms with van der Waals surface area (Å²) in [4.78, 5) is 22.0. The van der Waals surface area contributed by atoms with Gasteiger partial charge >= 0.3 is 0 Å². The van der Waals surface area contributed by atoms with Crippen molar-refractivity contribution < 1.29 is 4.79 Å². The number of nitrogens with one attached hydrogen (secondary N) is 3. The molecule has 0 fully saturated rings. The number of anilines is 1. The molecule has 2 aromatic heterocycles. The van der Waals surface area contributed by atoms with Crippen molar-refractivity contribution >= 4 is 22.6 Å². The second kappa shape index (κ2) is 9.19. The summed E-state index contributed by atoms with van der Waals surface area (Å²) in [6.07, 6.45) is 5.46. The molecular formula is C21H27N5O. The third-order valence-electron chi connectivity index (χ3n) is 4.47. The minimum Gasteiger partial charge on any atom is -0.370 e. The number of nitrogens with zero attached hydrogens (tertiary/aromatic N) is 2. The van der Waals surface area contributed by atoms with Crippen LogP contribution in [0.1, 0.15) is 22.3 Å². The Labute approximate surface area is 160 Å². The van der Waals surface area contributed by atoms with E-state index in [0.29, 0.717) is 12.1 Å². The molecule has 142 valence electrons. The number of aromatic amines is 1. The first-order chi connectivity index (χ1) is 13.1. The number of pyridine rings is 1. The van der Waals surface area contributed by atoms with Crippen LogP contribution in [0.2, 0.25) is 0 Å². The second-order valence-corrected chi connectivity index (χ2v) is 6.88. The number of amides is 1. The first kappa shape index (κ1) is 18.9. The molecule has 1 amide bonds. The molecule has 0 bridgehead atoms. The van der Waals surface area contributed by atoms with E-state index in [1.54, 1.807) is 6.20 Å². The summed E-state index contributed by atoms with van der Waals surface area (Å²) in [5.41, 5.74) is 2.91. The Morgan fingerprint density at radius 2 is 2.00 bits per heavy atom. The third kappa shape index (κ3) is 5.31. The summed E-state index contributed by atoms with van der Waals surface area (Å²) in [6, 6.07) is 11.8. The maximum absolute atomic E-state index is 12.3. The lowest BCUT2D eigenvalue weighted by molar-refractivity contribution is 0.0954. The standard InChI is InChI=1S/C21H27N5O/c1-26(2)13-5-11-22-20-9-8-17(15-25-20)21(27)23-12-10-16-14-24-19-7-4-3-6-18(16)19/h3-4,6-9,14-15,24H,5,10-13H2,1-2H3,(H,22,25)(H,23,27). The average molecular weight is 365 g/mol. The lowest BCUT2D eigenvalue weighted by Crippen LogP contribution is -2.25. The largest absolute Gasteiger partial charge is 0.370 e. The summed E-state index contributed by atoms with van der Waals surface area (Å²) in [5, 5.41) is 7.45. The zero-order valence-electron chi connectivity index (χ0n) is 16.0.